The molecule has 6 nitrogen and oxygen atoms in total. The molecule has 6 heteroatoms. The lowest BCUT2D eigenvalue weighted by molar-refractivity contribution is 0.414. The molecule has 1 aliphatic heterocycles. The van der Waals surface area contributed by atoms with Gasteiger partial charge in [0.25, 0.3) is 5.56 Å². The van der Waals surface area contributed by atoms with Crippen LogP contribution < -0.4 is 16.0 Å². The first-order valence-electron chi connectivity index (χ1n) is 6.57. The number of rotatable bonds is 3. The summed E-state index contributed by atoms with van der Waals surface area (Å²) in [7, 11) is 3.10. The Morgan fingerprint density at radius 3 is 2.62 bits per heavy atom. The van der Waals surface area contributed by atoms with Gasteiger partial charge in [-0.15, -0.1) is 0 Å². The number of nitrogens with zero attached hydrogens (tertiary/aromatic N) is 3. The van der Waals surface area contributed by atoms with Crippen LogP contribution in [0.4, 0.5) is 0 Å². The maximum atomic E-state index is 12.3. The first kappa shape index (κ1) is 13.4. The van der Waals surface area contributed by atoms with Gasteiger partial charge >= 0.3 is 5.69 Å². The highest BCUT2D eigenvalue weighted by Crippen LogP contribution is 2.14. The van der Waals surface area contributed by atoms with Gasteiger partial charge in [-0.1, -0.05) is 12.1 Å². The van der Waals surface area contributed by atoms with E-state index in [1.165, 1.54) is 7.05 Å². The molecule has 0 spiro atoms. The van der Waals surface area contributed by atoms with Crippen LogP contribution in [0.3, 0.4) is 0 Å². The summed E-state index contributed by atoms with van der Waals surface area (Å²) in [6.45, 7) is 0.777. The molecule has 0 unspecified atom stereocenters. The van der Waals surface area contributed by atoms with Gasteiger partial charge in [-0.3, -0.25) is 18.9 Å². The summed E-state index contributed by atoms with van der Waals surface area (Å²) in [5.74, 6) is 0.764. The Hall–Kier alpha value is -2.63. The molecule has 0 radical (unpaired) electrons. The molecule has 1 aromatic carbocycles. The molecule has 3 rings (SSSR count). The minimum absolute atomic E-state index is 0.290. The third-order valence-corrected chi connectivity index (χ3v) is 3.65. The lowest BCUT2D eigenvalue weighted by Gasteiger charge is -2.13. The fraction of sp³-hybridized carbons (Fsp3) is 0.267. The van der Waals surface area contributed by atoms with Crippen molar-refractivity contribution in [3.8, 4) is 5.75 Å². The first-order chi connectivity index (χ1) is 10.1. The molecule has 0 fully saturated rings. The van der Waals surface area contributed by atoms with Crippen LogP contribution in [0.1, 0.15) is 16.8 Å². The van der Waals surface area contributed by atoms with Gasteiger partial charge in [0.2, 0.25) is 0 Å². The third kappa shape index (κ3) is 2.18. The molecule has 0 amide bonds. The predicted molar refractivity (Wildman–Crippen MR) is 79.3 cm³/mol. The fourth-order valence-electron chi connectivity index (χ4n) is 2.43. The number of aromatic nitrogens is 2. The van der Waals surface area contributed by atoms with E-state index in [2.05, 4.69) is 4.99 Å². The van der Waals surface area contributed by atoms with E-state index in [9.17, 15) is 9.59 Å². The van der Waals surface area contributed by atoms with Gasteiger partial charge in [0, 0.05) is 13.3 Å². The van der Waals surface area contributed by atoms with Crippen LogP contribution >= 0.6 is 0 Å². The molecular weight excluding hydrogens is 270 g/mol. The summed E-state index contributed by atoms with van der Waals surface area (Å²) in [6.07, 6.45) is 1.54. The van der Waals surface area contributed by atoms with Crippen LogP contribution in [0.2, 0.25) is 0 Å². The summed E-state index contributed by atoms with van der Waals surface area (Å²) >= 11 is 0. The zero-order chi connectivity index (χ0) is 15.0. The number of ether oxygens (including phenoxy) is 1. The van der Waals surface area contributed by atoms with Crippen molar-refractivity contribution in [2.24, 2.45) is 12.0 Å². The minimum Gasteiger partial charge on any atom is -0.497 e. The standard InChI is InChI=1S/C15H15N3O3/c1-17-14(19)12-7-16-8-13(12)18(15(17)20)9-10-3-5-11(21-2)6-4-10/h3-7H,8-9H2,1-2H3. The van der Waals surface area contributed by atoms with Gasteiger partial charge in [0.05, 0.1) is 31.5 Å². The van der Waals surface area contributed by atoms with Gasteiger partial charge in [0.1, 0.15) is 5.75 Å². The van der Waals surface area contributed by atoms with Crippen molar-refractivity contribution in [2.75, 3.05) is 7.11 Å². The Labute approximate surface area is 120 Å². The Kier molecular flexibility index (Phi) is 3.21. The van der Waals surface area contributed by atoms with Crippen molar-refractivity contribution in [3.05, 3.63) is 61.9 Å². The summed E-state index contributed by atoms with van der Waals surface area (Å²) in [5.41, 5.74) is 1.54. The highest BCUT2D eigenvalue weighted by atomic mass is 16.5. The fourth-order valence-corrected chi connectivity index (χ4v) is 2.43. The molecule has 0 N–H and O–H groups in total. The molecule has 108 valence electrons. The third-order valence-electron chi connectivity index (χ3n) is 3.65. The summed E-state index contributed by atoms with van der Waals surface area (Å²) < 4.78 is 7.85. The molecule has 0 bridgehead atoms. The maximum Gasteiger partial charge on any atom is 0.331 e. The van der Waals surface area contributed by atoms with E-state index in [0.717, 1.165) is 15.9 Å². The number of fused-ring (bicyclic) bond motifs is 1. The molecule has 1 aliphatic rings. The average molecular weight is 285 g/mol. The summed E-state index contributed by atoms with van der Waals surface area (Å²) in [5, 5.41) is 0. The molecular formula is C15H15N3O3. The molecule has 0 saturated heterocycles. The molecule has 2 aromatic rings. The van der Waals surface area contributed by atoms with Crippen LogP contribution in [-0.2, 0) is 20.1 Å². The quantitative estimate of drug-likeness (QED) is 0.826. The van der Waals surface area contributed by atoms with Crippen LogP contribution in [0.25, 0.3) is 0 Å². The Bertz CT molecular complexity index is 829. The van der Waals surface area contributed by atoms with Gasteiger partial charge in [-0.2, -0.15) is 0 Å². The zero-order valence-corrected chi connectivity index (χ0v) is 11.9. The summed E-state index contributed by atoms with van der Waals surface area (Å²) in [6, 6.07) is 7.50. The monoisotopic (exact) mass is 285 g/mol. The van der Waals surface area contributed by atoms with E-state index in [1.54, 1.807) is 17.9 Å². The highest BCUT2D eigenvalue weighted by Gasteiger charge is 2.19. The molecule has 2 heterocycles. The lowest BCUT2D eigenvalue weighted by Crippen LogP contribution is -2.41. The molecule has 0 atom stereocenters. The second-order valence-electron chi connectivity index (χ2n) is 4.91. The normalized spacial score (nSPS) is 12.5. The second kappa shape index (κ2) is 5.05. The van der Waals surface area contributed by atoms with Crippen LogP contribution in [0.5, 0.6) is 5.75 Å². The average Bonchev–Trinajstić information content (AvgIpc) is 2.99. The van der Waals surface area contributed by atoms with Crippen molar-refractivity contribution in [1.82, 2.24) is 9.13 Å². The van der Waals surface area contributed by atoms with Gasteiger partial charge in [-0.05, 0) is 17.7 Å². The van der Waals surface area contributed by atoms with Gasteiger partial charge in [-0.25, -0.2) is 4.79 Å². The molecule has 0 saturated carbocycles. The smallest absolute Gasteiger partial charge is 0.331 e. The SMILES string of the molecule is COc1ccc(Cn2c3c(c(=O)n(C)c2=O)C=NC3)cc1. The number of methoxy groups -OCH3 is 1. The van der Waals surface area contributed by atoms with Gasteiger partial charge in [0.15, 0.2) is 0 Å². The van der Waals surface area contributed by atoms with Crippen molar-refractivity contribution in [2.45, 2.75) is 13.1 Å². The Morgan fingerprint density at radius 2 is 1.95 bits per heavy atom. The van der Waals surface area contributed by atoms with Crippen LogP contribution in [0, 0.1) is 0 Å². The van der Waals surface area contributed by atoms with E-state index in [0.29, 0.717) is 24.3 Å². The summed E-state index contributed by atoms with van der Waals surface area (Å²) in [4.78, 5) is 28.4. The highest BCUT2D eigenvalue weighted by molar-refractivity contribution is 5.83. The van der Waals surface area contributed by atoms with Crippen molar-refractivity contribution in [1.29, 1.82) is 0 Å². The number of hydrogen-bond donors (Lipinski definition) is 0. The number of aliphatic imine (C=N–C) groups is 1. The van der Waals surface area contributed by atoms with E-state index < -0.39 is 0 Å². The van der Waals surface area contributed by atoms with Gasteiger partial charge < -0.3 is 4.74 Å². The van der Waals surface area contributed by atoms with E-state index in [1.807, 2.05) is 24.3 Å². The van der Waals surface area contributed by atoms with Crippen molar-refractivity contribution in [3.63, 3.8) is 0 Å². The lowest BCUT2D eigenvalue weighted by atomic mass is 10.2. The Balaban J connectivity index is 2.07. The van der Waals surface area contributed by atoms with Crippen molar-refractivity contribution >= 4 is 6.21 Å². The molecule has 0 aliphatic carbocycles. The molecule has 1 aromatic heterocycles. The number of hydrogen-bond acceptors (Lipinski definition) is 4. The van der Waals surface area contributed by atoms with Crippen molar-refractivity contribution < 1.29 is 4.74 Å². The zero-order valence-electron chi connectivity index (χ0n) is 11.9. The van der Waals surface area contributed by atoms with Crippen LogP contribution in [0.15, 0.2) is 38.8 Å². The van der Waals surface area contributed by atoms with E-state index in [-0.39, 0.29) is 11.2 Å². The minimum atomic E-state index is -0.319. The predicted octanol–water partition coefficient (Wildman–Crippen LogP) is 0.536. The topological polar surface area (TPSA) is 65.6 Å². The maximum absolute atomic E-state index is 12.3. The number of benzene rings is 1. The van der Waals surface area contributed by atoms with E-state index in [4.69, 9.17) is 4.74 Å². The van der Waals surface area contributed by atoms with Crippen LogP contribution in [-0.4, -0.2) is 22.5 Å². The molecule has 21 heavy (non-hydrogen) atoms. The first-order valence-corrected chi connectivity index (χ1v) is 6.57. The Morgan fingerprint density at radius 1 is 1.24 bits per heavy atom. The van der Waals surface area contributed by atoms with E-state index >= 15 is 0 Å². The second-order valence-corrected chi connectivity index (χ2v) is 4.91. The largest absolute Gasteiger partial charge is 0.497 e.